The second kappa shape index (κ2) is 12.3. The molecule has 3 aromatic rings. The van der Waals surface area contributed by atoms with Gasteiger partial charge in [-0.2, -0.15) is 0 Å². The molecule has 0 aliphatic carbocycles. The zero-order valence-electron chi connectivity index (χ0n) is 21.5. The van der Waals surface area contributed by atoms with E-state index in [1.165, 1.54) is 15.9 Å². The molecule has 0 saturated heterocycles. The number of hydrogen-bond acceptors (Lipinski definition) is 7. The molecule has 0 amide bonds. The highest BCUT2D eigenvalue weighted by Gasteiger charge is 2.36. The summed E-state index contributed by atoms with van der Waals surface area (Å²) in [6.07, 6.45) is 4.79. The van der Waals surface area contributed by atoms with Crippen molar-refractivity contribution in [2.75, 3.05) is 20.3 Å². The highest BCUT2D eigenvalue weighted by atomic mass is 35.5. The molecule has 4 rings (SSSR count). The van der Waals surface area contributed by atoms with Crippen molar-refractivity contribution in [1.82, 2.24) is 4.57 Å². The molecule has 1 atom stereocenters. The van der Waals surface area contributed by atoms with Gasteiger partial charge in [0.25, 0.3) is 5.56 Å². The Morgan fingerprint density at radius 1 is 1.21 bits per heavy atom. The Morgan fingerprint density at radius 2 is 1.97 bits per heavy atom. The minimum Gasteiger partial charge on any atom is -0.496 e. The fraction of sp³-hybridized carbons (Fsp3) is 0.276. The van der Waals surface area contributed by atoms with Gasteiger partial charge in [0.1, 0.15) is 24.1 Å². The molecule has 9 heteroatoms. The number of benzene rings is 2. The zero-order valence-corrected chi connectivity index (χ0v) is 23.1. The highest BCUT2D eigenvalue weighted by Crippen LogP contribution is 2.38. The number of ether oxygens (including phenoxy) is 3. The maximum absolute atomic E-state index is 13.9. The number of hydrogen-bond donors (Lipinski definition) is 0. The number of aromatic nitrogens is 1. The largest absolute Gasteiger partial charge is 0.496 e. The summed E-state index contributed by atoms with van der Waals surface area (Å²) in [4.78, 5) is 32.5. The number of fused-ring (bicyclic) bond motifs is 1. The fourth-order valence-electron chi connectivity index (χ4n) is 4.30. The zero-order chi connectivity index (χ0) is 27.2. The number of carbonyl (C=O) groups is 1. The van der Waals surface area contributed by atoms with E-state index < -0.39 is 12.0 Å². The number of esters is 1. The van der Waals surface area contributed by atoms with Crippen molar-refractivity contribution in [3.8, 4) is 11.5 Å². The minimum atomic E-state index is -0.808. The predicted molar refractivity (Wildman–Crippen MR) is 150 cm³/mol. The van der Waals surface area contributed by atoms with Crippen LogP contribution in [0.3, 0.4) is 0 Å². The molecule has 0 radical (unpaired) electrons. The first-order valence-corrected chi connectivity index (χ1v) is 13.5. The number of allylic oxidation sites excluding steroid dienone is 1. The number of rotatable bonds is 10. The first-order valence-electron chi connectivity index (χ1n) is 12.3. The maximum Gasteiger partial charge on any atom is 0.338 e. The summed E-state index contributed by atoms with van der Waals surface area (Å²) in [6, 6.07) is 11.8. The summed E-state index contributed by atoms with van der Waals surface area (Å²) in [7, 11) is 1.54. The van der Waals surface area contributed by atoms with E-state index in [9.17, 15) is 9.59 Å². The molecule has 0 saturated carbocycles. The van der Waals surface area contributed by atoms with E-state index in [2.05, 4.69) is 6.58 Å². The molecule has 1 aliphatic rings. The van der Waals surface area contributed by atoms with Gasteiger partial charge in [0.2, 0.25) is 0 Å². The third-order valence-corrected chi connectivity index (χ3v) is 7.14. The van der Waals surface area contributed by atoms with Crippen molar-refractivity contribution in [2.45, 2.75) is 32.7 Å². The normalized spacial score (nSPS) is 15.1. The molecule has 0 bridgehead atoms. The molecular weight excluding hydrogens is 524 g/mol. The third kappa shape index (κ3) is 5.61. The molecule has 38 heavy (non-hydrogen) atoms. The smallest absolute Gasteiger partial charge is 0.338 e. The molecule has 2 aromatic carbocycles. The van der Waals surface area contributed by atoms with Gasteiger partial charge in [0.05, 0.1) is 29.5 Å². The topological polar surface area (TPSA) is 79.1 Å². The maximum atomic E-state index is 13.9. The lowest BCUT2D eigenvalue weighted by Crippen LogP contribution is -2.40. The lowest BCUT2D eigenvalue weighted by molar-refractivity contribution is -0.139. The Kier molecular flexibility index (Phi) is 8.86. The Labute approximate surface area is 230 Å². The van der Waals surface area contributed by atoms with Gasteiger partial charge in [0, 0.05) is 10.6 Å². The average Bonchev–Trinajstić information content (AvgIpc) is 3.22. The van der Waals surface area contributed by atoms with Gasteiger partial charge in [0.15, 0.2) is 4.80 Å². The lowest BCUT2D eigenvalue weighted by atomic mass is 9.93. The van der Waals surface area contributed by atoms with E-state index in [0.29, 0.717) is 55.7 Å². The number of methoxy groups -OCH3 is 1. The van der Waals surface area contributed by atoms with Crippen LogP contribution in [0.2, 0.25) is 5.02 Å². The van der Waals surface area contributed by atoms with Gasteiger partial charge in [-0.1, -0.05) is 61.1 Å². The summed E-state index contributed by atoms with van der Waals surface area (Å²) in [5, 5.41) is 0.457. The van der Waals surface area contributed by atoms with Crippen molar-refractivity contribution in [3.05, 3.63) is 102 Å². The van der Waals surface area contributed by atoms with Crippen LogP contribution < -0.4 is 24.4 Å². The van der Waals surface area contributed by atoms with Gasteiger partial charge in [-0.15, -0.1) is 0 Å². The van der Waals surface area contributed by atoms with Crippen LogP contribution >= 0.6 is 22.9 Å². The van der Waals surface area contributed by atoms with Crippen LogP contribution in [0.4, 0.5) is 0 Å². The van der Waals surface area contributed by atoms with Gasteiger partial charge < -0.3 is 14.2 Å². The van der Waals surface area contributed by atoms with E-state index in [1.807, 2.05) is 31.2 Å². The number of nitrogens with zero attached hydrogens (tertiary/aromatic N) is 2. The van der Waals surface area contributed by atoms with Crippen LogP contribution in [-0.4, -0.2) is 30.9 Å². The number of halogens is 1. The first kappa shape index (κ1) is 27.4. The predicted octanol–water partition coefficient (Wildman–Crippen LogP) is 4.81. The standard InChI is InChI=1S/C29H29ClN2O5S/c1-5-8-22-25(28(34)36-7-3)26(21-17-19(30)11-14-23(21)35-4)32-27(33)24(38-29(32)31-22)16-18-9-12-20(13-10-18)37-15-6-2/h6,9-14,16-17,26H,2,5,7-8,15H2,1,3-4H3/b24-16+/t26-/m1/s1. The lowest BCUT2D eigenvalue weighted by Gasteiger charge is -2.27. The molecule has 1 aliphatic heterocycles. The van der Waals surface area contributed by atoms with Crippen molar-refractivity contribution in [1.29, 1.82) is 0 Å². The fourth-order valence-corrected chi connectivity index (χ4v) is 5.50. The summed E-state index contributed by atoms with van der Waals surface area (Å²) in [5.74, 6) is 0.694. The monoisotopic (exact) mass is 552 g/mol. The third-order valence-electron chi connectivity index (χ3n) is 5.92. The summed E-state index contributed by atoms with van der Waals surface area (Å²) < 4.78 is 18.6. The molecule has 0 N–H and O–H groups in total. The van der Waals surface area contributed by atoms with E-state index in [-0.39, 0.29) is 12.2 Å². The molecule has 7 nitrogen and oxygen atoms in total. The summed E-state index contributed by atoms with van der Waals surface area (Å²) in [5.41, 5.74) is 2.05. The minimum absolute atomic E-state index is 0.193. The van der Waals surface area contributed by atoms with Crippen LogP contribution in [0.25, 0.3) is 6.08 Å². The van der Waals surface area contributed by atoms with E-state index in [4.69, 9.17) is 30.8 Å². The van der Waals surface area contributed by atoms with Crippen molar-refractivity contribution < 1.29 is 19.0 Å². The van der Waals surface area contributed by atoms with Gasteiger partial charge in [-0.25, -0.2) is 9.79 Å². The van der Waals surface area contributed by atoms with Crippen LogP contribution in [0.15, 0.2) is 76.2 Å². The average molecular weight is 553 g/mol. The van der Waals surface area contributed by atoms with E-state index >= 15 is 0 Å². The van der Waals surface area contributed by atoms with Gasteiger partial charge >= 0.3 is 5.97 Å². The van der Waals surface area contributed by atoms with Crippen molar-refractivity contribution >= 4 is 35.0 Å². The summed E-state index contributed by atoms with van der Waals surface area (Å²) in [6.45, 7) is 8.02. The number of carbonyl (C=O) groups excluding carboxylic acids is 1. The molecule has 1 aromatic heterocycles. The van der Waals surface area contributed by atoms with Crippen LogP contribution in [0.1, 0.15) is 43.9 Å². The summed E-state index contributed by atoms with van der Waals surface area (Å²) >= 11 is 7.66. The Morgan fingerprint density at radius 3 is 2.63 bits per heavy atom. The first-order chi connectivity index (χ1) is 18.4. The van der Waals surface area contributed by atoms with Crippen molar-refractivity contribution in [3.63, 3.8) is 0 Å². The number of thiazole rings is 1. The molecule has 198 valence electrons. The molecule has 0 spiro atoms. The molecule has 0 unspecified atom stereocenters. The Bertz CT molecular complexity index is 1550. The van der Waals surface area contributed by atoms with E-state index in [0.717, 1.165) is 12.0 Å². The molecular formula is C29H29ClN2O5S. The Balaban J connectivity index is 1.95. The van der Waals surface area contributed by atoms with Gasteiger partial charge in [-0.05, 0) is 55.3 Å². The molecule has 0 fully saturated rings. The second-order valence-electron chi connectivity index (χ2n) is 8.47. The second-order valence-corrected chi connectivity index (χ2v) is 9.91. The van der Waals surface area contributed by atoms with E-state index in [1.54, 1.807) is 44.4 Å². The highest BCUT2D eigenvalue weighted by molar-refractivity contribution is 7.07. The van der Waals surface area contributed by atoms with Crippen LogP contribution in [0.5, 0.6) is 11.5 Å². The van der Waals surface area contributed by atoms with Crippen LogP contribution in [-0.2, 0) is 9.53 Å². The quantitative estimate of drug-likeness (QED) is 0.266. The van der Waals surface area contributed by atoms with Gasteiger partial charge in [-0.3, -0.25) is 9.36 Å². The van der Waals surface area contributed by atoms with Crippen LogP contribution in [0, 0.1) is 0 Å². The SMILES string of the molecule is C=CCOc1ccc(/C=c2/sc3n(c2=O)[C@H](c2cc(Cl)ccc2OC)C(C(=O)OCC)=C(CCC)N=3)cc1. The molecule has 2 heterocycles. The van der Waals surface area contributed by atoms with Crippen molar-refractivity contribution in [2.24, 2.45) is 4.99 Å². The Hall–Kier alpha value is -3.62.